The molecule has 1 aromatic rings. The molecule has 0 atom stereocenters. The van der Waals surface area contributed by atoms with Gasteiger partial charge < -0.3 is 5.32 Å². The molecule has 0 aromatic heterocycles. The van der Waals surface area contributed by atoms with Gasteiger partial charge in [0.15, 0.2) is 0 Å². The van der Waals surface area contributed by atoms with E-state index in [1.807, 2.05) is 0 Å². The van der Waals surface area contributed by atoms with Crippen LogP contribution in [0.2, 0.25) is 0 Å². The van der Waals surface area contributed by atoms with E-state index in [1.54, 1.807) is 0 Å². The predicted octanol–water partition coefficient (Wildman–Crippen LogP) is 3.78. The van der Waals surface area contributed by atoms with Gasteiger partial charge >= 0.3 is 0 Å². The Morgan fingerprint density at radius 1 is 1.27 bits per heavy atom. The maximum Gasteiger partial charge on any atom is 0.0375 e. The molecule has 1 aromatic carbocycles. The summed E-state index contributed by atoms with van der Waals surface area (Å²) in [6.45, 7) is 3.40. The highest BCUT2D eigenvalue weighted by Crippen LogP contribution is 2.23. The number of benzene rings is 1. The maximum absolute atomic E-state index is 3.49. The van der Waals surface area contributed by atoms with E-state index in [4.69, 9.17) is 0 Å². The number of anilines is 1. The summed E-state index contributed by atoms with van der Waals surface area (Å²) in [6, 6.07) is 6.97. The average Bonchev–Trinajstić information content (AvgIpc) is 2.29. The number of unbranched alkanes of at least 4 members (excludes halogenated alkanes) is 2. The number of aryl methyl sites for hydroxylation is 2. The van der Waals surface area contributed by atoms with Crippen molar-refractivity contribution in [3.05, 3.63) is 29.3 Å². The zero-order chi connectivity index (χ0) is 10.5. The number of hydrogen-bond acceptors (Lipinski definition) is 1. The molecule has 15 heavy (non-hydrogen) atoms. The van der Waals surface area contributed by atoms with Gasteiger partial charge in [-0.2, -0.15) is 0 Å². The maximum atomic E-state index is 3.49. The second-order valence-corrected chi connectivity index (χ2v) is 4.48. The Hall–Kier alpha value is -0.980. The molecule has 0 unspecified atom stereocenters. The summed E-state index contributed by atoms with van der Waals surface area (Å²) in [6.07, 6.45) is 7.76. The van der Waals surface area contributed by atoms with Crippen LogP contribution in [0.15, 0.2) is 18.2 Å². The van der Waals surface area contributed by atoms with Crippen molar-refractivity contribution < 1.29 is 0 Å². The number of rotatable bonds is 4. The normalized spacial score (nSPS) is 14.5. The van der Waals surface area contributed by atoms with Crippen molar-refractivity contribution in [1.82, 2.24) is 0 Å². The third kappa shape index (κ3) is 2.74. The van der Waals surface area contributed by atoms with Crippen molar-refractivity contribution in [2.75, 3.05) is 11.9 Å². The summed E-state index contributed by atoms with van der Waals surface area (Å²) < 4.78 is 0. The van der Waals surface area contributed by atoms with E-state index in [0.717, 1.165) is 6.54 Å². The third-order valence-electron chi connectivity index (χ3n) is 3.18. The first-order valence-corrected chi connectivity index (χ1v) is 6.26. The van der Waals surface area contributed by atoms with Crippen molar-refractivity contribution in [3.8, 4) is 0 Å². The summed E-state index contributed by atoms with van der Waals surface area (Å²) in [5.74, 6) is 0. The topological polar surface area (TPSA) is 12.0 Å². The fourth-order valence-electron chi connectivity index (χ4n) is 2.24. The third-order valence-corrected chi connectivity index (χ3v) is 3.18. The second kappa shape index (κ2) is 5.20. The van der Waals surface area contributed by atoms with Gasteiger partial charge in [0.2, 0.25) is 0 Å². The smallest absolute Gasteiger partial charge is 0.0375 e. The summed E-state index contributed by atoms with van der Waals surface area (Å²) >= 11 is 0. The second-order valence-electron chi connectivity index (χ2n) is 4.48. The van der Waals surface area contributed by atoms with Gasteiger partial charge in [0.25, 0.3) is 0 Å². The fraction of sp³-hybridized carbons (Fsp3) is 0.571. The lowest BCUT2D eigenvalue weighted by Crippen LogP contribution is -2.11. The highest BCUT2D eigenvalue weighted by Gasteiger charge is 2.08. The zero-order valence-electron chi connectivity index (χ0n) is 9.68. The Kier molecular flexibility index (Phi) is 3.65. The lowest BCUT2D eigenvalue weighted by molar-refractivity contribution is 0.716. The van der Waals surface area contributed by atoms with Crippen LogP contribution in [0.3, 0.4) is 0 Å². The largest absolute Gasteiger partial charge is 0.385 e. The summed E-state index contributed by atoms with van der Waals surface area (Å²) in [5, 5.41) is 3.49. The Balaban J connectivity index is 2.00. The molecular formula is C14H21N. The molecule has 0 saturated heterocycles. The van der Waals surface area contributed by atoms with E-state index < -0.39 is 0 Å². The van der Waals surface area contributed by atoms with E-state index >= 15 is 0 Å². The van der Waals surface area contributed by atoms with Crippen molar-refractivity contribution in [1.29, 1.82) is 0 Å². The molecule has 0 fully saturated rings. The molecule has 0 radical (unpaired) electrons. The van der Waals surface area contributed by atoms with Crippen LogP contribution in [0, 0.1) is 0 Å². The number of fused-ring (bicyclic) bond motifs is 1. The standard InChI is InChI=1S/C14H21N/c1-2-3-4-6-12-8-9-13-7-5-10-15-14(13)11-12/h8-9,11,15H,2-7,10H2,1H3. The van der Waals surface area contributed by atoms with E-state index in [9.17, 15) is 0 Å². The van der Waals surface area contributed by atoms with Crippen molar-refractivity contribution in [2.24, 2.45) is 0 Å². The molecule has 1 aliphatic heterocycles. The molecule has 1 heterocycles. The zero-order valence-corrected chi connectivity index (χ0v) is 9.68. The van der Waals surface area contributed by atoms with Gasteiger partial charge in [-0.05, 0) is 42.9 Å². The minimum Gasteiger partial charge on any atom is -0.385 e. The molecule has 0 aliphatic carbocycles. The van der Waals surface area contributed by atoms with E-state index in [1.165, 1.54) is 55.3 Å². The van der Waals surface area contributed by atoms with Gasteiger partial charge in [0.1, 0.15) is 0 Å². The molecule has 2 rings (SSSR count). The predicted molar refractivity (Wildman–Crippen MR) is 66.5 cm³/mol. The van der Waals surface area contributed by atoms with Crippen LogP contribution in [0.4, 0.5) is 5.69 Å². The van der Waals surface area contributed by atoms with Crippen molar-refractivity contribution in [3.63, 3.8) is 0 Å². The quantitative estimate of drug-likeness (QED) is 0.734. The van der Waals surface area contributed by atoms with E-state index in [2.05, 4.69) is 30.4 Å². The van der Waals surface area contributed by atoms with E-state index in [-0.39, 0.29) is 0 Å². The first-order chi connectivity index (χ1) is 7.40. The van der Waals surface area contributed by atoms with Crippen LogP contribution in [0.1, 0.15) is 43.7 Å². The lowest BCUT2D eigenvalue weighted by atomic mass is 9.99. The first kappa shape index (κ1) is 10.5. The highest BCUT2D eigenvalue weighted by molar-refractivity contribution is 5.54. The Morgan fingerprint density at radius 3 is 3.07 bits per heavy atom. The van der Waals surface area contributed by atoms with Gasteiger partial charge in [0.05, 0.1) is 0 Å². The van der Waals surface area contributed by atoms with Crippen LogP contribution in [-0.2, 0) is 12.8 Å². The van der Waals surface area contributed by atoms with Crippen LogP contribution >= 0.6 is 0 Å². The first-order valence-electron chi connectivity index (χ1n) is 6.26. The number of hydrogen-bond donors (Lipinski definition) is 1. The molecule has 1 aliphatic rings. The molecule has 1 N–H and O–H groups in total. The molecule has 0 spiro atoms. The van der Waals surface area contributed by atoms with Gasteiger partial charge in [-0.1, -0.05) is 31.9 Å². The summed E-state index contributed by atoms with van der Waals surface area (Å²) in [4.78, 5) is 0. The molecule has 0 bridgehead atoms. The Bertz CT molecular complexity index is 317. The monoisotopic (exact) mass is 203 g/mol. The number of nitrogens with one attached hydrogen (secondary N) is 1. The molecular weight excluding hydrogens is 182 g/mol. The van der Waals surface area contributed by atoms with Gasteiger partial charge in [-0.15, -0.1) is 0 Å². The van der Waals surface area contributed by atoms with Crippen LogP contribution < -0.4 is 5.32 Å². The van der Waals surface area contributed by atoms with Crippen LogP contribution in [-0.4, -0.2) is 6.54 Å². The average molecular weight is 203 g/mol. The van der Waals surface area contributed by atoms with Gasteiger partial charge in [-0.3, -0.25) is 0 Å². The SMILES string of the molecule is CCCCCc1ccc2c(c1)NCCC2. The highest BCUT2D eigenvalue weighted by atomic mass is 14.9. The molecule has 1 heteroatoms. The van der Waals surface area contributed by atoms with Crippen LogP contribution in [0.25, 0.3) is 0 Å². The summed E-state index contributed by atoms with van der Waals surface area (Å²) in [5.41, 5.74) is 4.38. The van der Waals surface area contributed by atoms with Crippen molar-refractivity contribution >= 4 is 5.69 Å². The van der Waals surface area contributed by atoms with E-state index in [0.29, 0.717) is 0 Å². The Labute approximate surface area is 92.9 Å². The minimum absolute atomic E-state index is 1.14. The minimum atomic E-state index is 1.14. The van der Waals surface area contributed by atoms with Crippen LogP contribution in [0.5, 0.6) is 0 Å². The van der Waals surface area contributed by atoms with Gasteiger partial charge in [-0.25, -0.2) is 0 Å². The molecule has 82 valence electrons. The van der Waals surface area contributed by atoms with Crippen molar-refractivity contribution in [2.45, 2.75) is 45.4 Å². The molecule has 0 saturated carbocycles. The lowest BCUT2D eigenvalue weighted by Gasteiger charge is -2.18. The molecule has 1 nitrogen and oxygen atoms in total. The van der Waals surface area contributed by atoms with Gasteiger partial charge in [0, 0.05) is 12.2 Å². The fourth-order valence-corrected chi connectivity index (χ4v) is 2.24. The summed E-state index contributed by atoms with van der Waals surface area (Å²) in [7, 11) is 0. The molecule has 0 amide bonds. The Morgan fingerprint density at radius 2 is 2.20 bits per heavy atom.